The topological polar surface area (TPSA) is 21.3 Å². The first-order valence-corrected chi connectivity index (χ1v) is 22.1. The Morgan fingerprint density at radius 1 is 0.344 bits per heavy atom. The van der Waals surface area contributed by atoms with Gasteiger partial charge in [-0.1, -0.05) is 182 Å². The Morgan fingerprint density at radius 3 is 1.62 bits per heavy atom. The number of fused-ring (bicyclic) bond motifs is 10. The van der Waals surface area contributed by atoms with Crippen LogP contribution in [0.25, 0.3) is 93.9 Å². The van der Waals surface area contributed by atoms with Gasteiger partial charge in [0.25, 0.3) is 6.71 Å². The second kappa shape index (κ2) is 13.6. The van der Waals surface area contributed by atoms with Crippen molar-refractivity contribution in [3.63, 3.8) is 0 Å². The van der Waals surface area contributed by atoms with Crippen LogP contribution in [0.5, 0.6) is 0 Å². The van der Waals surface area contributed by atoms with Crippen LogP contribution in [0.2, 0.25) is 0 Å². The van der Waals surface area contributed by atoms with Gasteiger partial charge in [0.05, 0.1) is 11.2 Å². The van der Waals surface area contributed by atoms with E-state index in [0.29, 0.717) is 0 Å². The Hall–Kier alpha value is -8.34. The molecule has 0 saturated heterocycles. The number of para-hydroxylation sites is 3. The first-order valence-electron chi connectivity index (χ1n) is 22.1. The zero-order chi connectivity index (χ0) is 41.9. The van der Waals surface area contributed by atoms with Gasteiger partial charge in [0, 0.05) is 55.3 Å². The van der Waals surface area contributed by atoms with Gasteiger partial charge in [0.1, 0.15) is 11.2 Å². The SMILES string of the molecule is c1ccc(-c2cc3c4c(c2)-n2c5ccccc5c5cccc(c52)B4c2cc4oc5ccc(-c6ccccc6)cc5c4cc2N3c2c(-c3ccccc3)cccc2-c2ccccc2)cc1. The van der Waals surface area contributed by atoms with Gasteiger partial charge >= 0.3 is 0 Å². The van der Waals surface area contributed by atoms with Gasteiger partial charge in [0.15, 0.2) is 0 Å². The van der Waals surface area contributed by atoms with Gasteiger partial charge in [-0.05, 0) is 92.2 Å². The number of hydrogen-bond donors (Lipinski definition) is 0. The van der Waals surface area contributed by atoms with E-state index in [0.717, 1.165) is 44.4 Å². The van der Waals surface area contributed by atoms with Crippen LogP contribution in [-0.4, -0.2) is 11.3 Å². The number of anilines is 3. The molecule has 0 bridgehead atoms. The van der Waals surface area contributed by atoms with Crippen LogP contribution in [0.4, 0.5) is 17.1 Å². The van der Waals surface area contributed by atoms with Crippen molar-refractivity contribution < 1.29 is 4.42 Å². The Labute approximate surface area is 370 Å². The maximum absolute atomic E-state index is 6.91. The maximum Gasteiger partial charge on any atom is 0.252 e. The van der Waals surface area contributed by atoms with Crippen molar-refractivity contribution in [3.05, 3.63) is 224 Å². The van der Waals surface area contributed by atoms with E-state index in [2.05, 4.69) is 234 Å². The van der Waals surface area contributed by atoms with Crippen molar-refractivity contribution >= 4 is 83.9 Å². The molecule has 296 valence electrons. The van der Waals surface area contributed by atoms with Crippen LogP contribution in [-0.2, 0) is 0 Å². The molecular formula is C60H37BN2O. The summed E-state index contributed by atoms with van der Waals surface area (Å²) in [6.07, 6.45) is 0. The zero-order valence-electron chi connectivity index (χ0n) is 34.7. The summed E-state index contributed by atoms with van der Waals surface area (Å²) < 4.78 is 9.46. The lowest BCUT2D eigenvalue weighted by atomic mass is 9.33. The summed E-state index contributed by atoms with van der Waals surface area (Å²) in [5.74, 6) is 0. The summed E-state index contributed by atoms with van der Waals surface area (Å²) in [5, 5.41) is 4.74. The van der Waals surface area contributed by atoms with Crippen LogP contribution in [0, 0.1) is 0 Å². The van der Waals surface area contributed by atoms with E-state index < -0.39 is 0 Å². The maximum atomic E-state index is 6.91. The molecule has 0 amide bonds. The Balaban J connectivity index is 1.17. The molecule has 2 aromatic heterocycles. The molecule has 2 aliphatic rings. The molecule has 0 radical (unpaired) electrons. The lowest BCUT2D eigenvalue weighted by Gasteiger charge is -2.42. The largest absolute Gasteiger partial charge is 0.456 e. The fraction of sp³-hybridized carbons (Fsp3) is 0. The van der Waals surface area contributed by atoms with Crippen LogP contribution >= 0.6 is 0 Å². The molecular weight excluding hydrogens is 775 g/mol. The highest BCUT2D eigenvalue weighted by Crippen LogP contribution is 2.50. The smallest absolute Gasteiger partial charge is 0.252 e. The first-order chi connectivity index (χ1) is 31.8. The van der Waals surface area contributed by atoms with Crippen LogP contribution < -0.4 is 21.3 Å². The van der Waals surface area contributed by atoms with Crippen molar-refractivity contribution in [2.45, 2.75) is 0 Å². The van der Waals surface area contributed by atoms with E-state index in [9.17, 15) is 0 Å². The van der Waals surface area contributed by atoms with Gasteiger partial charge in [0.2, 0.25) is 0 Å². The second-order valence-corrected chi connectivity index (χ2v) is 17.2. The van der Waals surface area contributed by atoms with E-state index in [4.69, 9.17) is 4.42 Å². The quantitative estimate of drug-likeness (QED) is 0.161. The summed E-state index contributed by atoms with van der Waals surface area (Å²) in [6, 6.07) is 82.3. The highest BCUT2D eigenvalue weighted by molar-refractivity contribution is 7.00. The van der Waals surface area contributed by atoms with Crippen molar-refractivity contribution in [1.82, 2.24) is 4.57 Å². The van der Waals surface area contributed by atoms with Gasteiger partial charge in [-0.15, -0.1) is 0 Å². The van der Waals surface area contributed by atoms with E-state index in [1.54, 1.807) is 0 Å². The molecule has 0 fully saturated rings. The lowest BCUT2D eigenvalue weighted by Crippen LogP contribution is -2.60. The number of benzene rings is 10. The minimum atomic E-state index is -0.0665. The molecule has 0 saturated carbocycles. The molecule has 64 heavy (non-hydrogen) atoms. The minimum Gasteiger partial charge on any atom is -0.456 e. The standard InChI is InChI=1S/C60H37BN2O/c1-5-17-38(18-6-1)42-31-32-56-48(33-42)49-36-53-51(37-57(49)64-56)61-50-29-16-28-47-46-25-13-14-30-52(46)62(60(47)50)54-34-43(39-19-7-2-8-20-39)35-55(58(54)61)63(53)59-44(40-21-9-3-10-22-40)26-15-27-45(59)41-23-11-4-12-24-41/h1-37H. The van der Waals surface area contributed by atoms with Gasteiger partial charge in [-0.25, -0.2) is 0 Å². The van der Waals surface area contributed by atoms with E-state index >= 15 is 0 Å². The molecule has 2 aliphatic heterocycles. The van der Waals surface area contributed by atoms with Crippen LogP contribution in [0.1, 0.15) is 0 Å². The van der Waals surface area contributed by atoms with E-state index in [1.165, 1.54) is 82.9 Å². The molecule has 10 aromatic carbocycles. The number of rotatable bonds is 5. The first kappa shape index (κ1) is 35.3. The molecule has 12 aromatic rings. The van der Waals surface area contributed by atoms with Gasteiger partial charge in [-0.2, -0.15) is 0 Å². The lowest BCUT2D eigenvalue weighted by molar-refractivity contribution is 0.669. The summed E-state index contributed by atoms with van der Waals surface area (Å²) in [5.41, 5.74) is 22.1. The molecule has 14 rings (SSSR count). The van der Waals surface area contributed by atoms with Gasteiger partial charge in [-0.3, -0.25) is 0 Å². The molecule has 0 unspecified atom stereocenters. The highest BCUT2D eigenvalue weighted by atomic mass is 16.3. The number of hydrogen-bond acceptors (Lipinski definition) is 2. The fourth-order valence-electron chi connectivity index (χ4n) is 11.0. The third kappa shape index (κ3) is 5.05. The minimum absolute atomic E-state index is 0.0665. The average molecular weight is 813 g/mol. The monoisotopic (exact) mass is 812 g/mol. The molecule has 0 aliphatic carbocycles. The normalized spacial score (nSPS) is 12.6. The Bertz CT molecular complexity index is 3780. The Morgan fingerprint density at radius 2 is 0.922 bits per heavy atom. The Kier molecular flexibility index (Phi) is 7.49. The molecule has 0 atom stereocenters. The molecule has 0 spiro atoms. The number of nitrogens with zero attached hydrogens (tertiary/aromatic N) is 2. The zero-order valence-corrected chi connectivity index (χ0v) is 34.7. The van der Waals surface area contributed by atoms with Crippen LogP contribution in [0.15, 0.2) is 229 Å². The van der Waals surface area contributed by atoms with E-state index in [-0.39, 0.29) is 6.71 Å². The molecule has 3 nitrogen and oxygen atoms in total. The third-order valence-corrected chi connectivity index (χ3v) is 13.8. The van der Waals surface area contributed by atoms with E-state index in [1.807, 2.05) is 0 Å². The van der Waals surface area contributed by atoms with Crippen molar-refractivity contribution in [1.29, 1.82) is 0 Å². The second-order valence-electron chi connectivity index (χ2n) is 17.2. The predicted octanol–water partition coefficient (Wildman–Crippen LogP) is 14.0. The molecule has 0 N–H and O–H groups in total. The van der Waals surface area contributed by atoms with Crippen LogP contribution in [0.3, 0.4) is 0 Å². The van der Waals surface area contributed by atoms with Crippen molar-refractivity contribution in [3.8, 4) is 50.2 Å². The summed E-state index contributed by atoms with van der Waals surface area (Å²) >= 11 is 0. The molecule has 4 heteroatoms. The third-order valence-electron chi connectivity index (χ3n) is 13.8. The van der Waals surface area contributed by atoms with Crippen molar-refractivity contribution in [2.24, 2.45) is 0 Å². The van der Waals surface area contributed by atoms with Gasteiger partial charge < -0.3 is 13.9 Å². The highest BCUT2D eigenvalue weighted by Gasteiger charge is 2.44. The number of furan rings is 1. The summed E-state index contributed by atoms with van der Waals surface area (Å²) in [4.78, 5) is 2.61. The fourth-order valence-corrected chi connectivity index (χ4v) is 11.0. The summed E-state index contributed by atoms with van der Waals surface area (Å²) in [6.45, 7) is -0.0665. The summed E-state index contributed by atoms with van der Waals surface area (Å²) in [7, 11) is 0. The average Bonchev–Trinajstić information content (AvgIpc) is 3.91. The predicted molar refractivity (Wildman–Crippen MR) is 269 cm³/mol. The molecule has 4 heterocycles. The number of aromatic nitrogens is 1. The van der Waals surface area contributed by atoms with Crippen molar-refractivity contribution in [2.75, 3.05) is 4.90 Å².